The van der Waals surface area contributed by atoms with Gasteiger partial charge in [-0.05, 0) is 43.3 Å². The van der Waals surface area contributed by atoms with E-state index in [-0.39, 0.29) is 23.1 Å². The highest BCUT2D eigenvalue weighted by Gasteiger charge is 2.41. The molecule has 0 bridgehead atoms. The molecule has 0 fully saturated rings. The Labute approximate surface area is 165 Å². The van der Waals surface area contributed by atoms with E-state index in [0.717, 1.165) is 0 Å². The van der Waals surface area contributed by atoms with Crippen molar-refractivity contribution in [1.29, 1.82) is 5.26 Å². The molecule has 142 valence electrons. The monoisotopic (exact) mass is 394 g/mol. The molecular weight excluding hydrogens is 376 g/mol. The molecule has 0 aromatic carbocycles. The Hall–Kier alpha value is -3.31. The first-order chi connectivity index (χ1) is 13.5. The number of nitrogens with two attached hydrogens (primary N) is 1. The molecule has 7 nitrogen and oxygen atoms in total. The molecule has 2 aliphatic rings. The molecule has 3 heterocycles. The zero-order valence-corrected chi connectivity index (χ0v) is 16.0. The number of amides is 1. The summed E-state index contributed by atoms with van der Waals surface area (Å²) in [6.45, 7) is 1.80. The normalized spacial score (nSPS) is 19.5. The second-order valence-electron chi connectivity index (χ2n) is 6.68. The van der Waals surface area contributed by atoms with Gasteiger partial charge in [-0.2, -0.15) is 5.26 Å². The molecule has 1 aliphatic heterocycles. The number of nitrogens with zero attached hydrogens (tertiary/aromatic N) is 2. The van der Waals surface area contributed by atoms with Crippen LogP contribution in [0, 0.1) is 18.3 Å². The zero-order valence-electron chi connectivity index (χ0n) is 15.2. The molecule has 2 aromatic heterocycles. The van der Waals surface area contributed by atoms with Crippen LogP contribution in [0.3, 0.4) is 0 Å². The number of rotatable bonds is 3. The molecule has 1 unspecified atom stereocenters. The van der Waals surface area contributed by atoms with Crippen LogP contribution in [0.5, 0.6) is 0 Å². The van der Waals surface area contributed by atoms with Gasteiger partial charge in [-0.15, -0.1) is 11.3 Å². The number of hydrogen-bond acceptors (Lipinski definition) is 7. The molecule has 2 aromatic rings. The topological polar surface area (TPSA) is 112 Å². The summed E-state index contributed by atoms with van der Waals surface area (Å²) >= 11 is 1.30. The van der Waals surface area contributed by atoms with Gasteiger partial charge in [0.15, 0.2) is 5.78 Å². The van der Waals surface area contributed by atoms with Crippen molar-refractivity contribution in [2.24, 2.45) is 5.73 Å². The van der Waals surface area contributed by atoms with Crippen molar-refractivity contribution >= 4 is 23.0 Å². The van der Waals surface area contributed by atoms with E-state index < -0.39 is 5.92 Å². The third kappa shape index (κ3) is 2.90. The molecule has 0 saturated carbocycles. The smallest absolute Gasteiger partial charge is 0.280 e. The van der Waals surface area contributed by atoms with Crippen LogP contribution in [0.15, 0.2) is 56.7 Å². The number of nitrogens with one attached hydrogen (secondary N) is 1. The molecule has 8 heteroatoms. The fourth-order valence-electron chi connectivity index (χ4n) is 3.67. The summed E-state index contributed by atoms with van der Waals surface area (Å²) in [5.41, 5.74) is 10.4. The molecule has 1 amide bonds. The number of allylic oxidation sites excluding steroid dienone is 3. The van der Waals surface area contributed by atoms with E-state index in [2.05, 4.69) is 11.5 Å². The number of carbonyl (C=O) groups is 2. The second-order valence-corrected chi connectivity index (χ2v) is 7.63. The fraction of sp³-hybridized carbons (Fsp3) is 0.250. The SMILES string of the molecule is Cc1ccc(C2C(C#N)=C(N)N(NC(=O)c3cccs3)C3=C2C(=O)CCC3)o1. The molecule has 1 aliphatic carbocycles. The van der Waals surface area contributed by atoms with Crippen LogP contribution in [0.1, 0.15) is 46.4 Å². The lowest BCUT2D eigenvalue weighted by Gasteiger charge is -2.38. The standard InChI is InChI=1S/C20H18N4O3S/c1-11-7-8-15(27-11)17-12(10-21)19(22)24(13-4-2-5-14(25)18(13)17)23-20(26)16-6-3-9-28-16/h3,6-9,17H,2,4-5,22H2,1H3,(H,23,26). The maximum absolute atomic E-state index is 12.8. The summed E-state index contributed by atoms with van der Waals surface area (Å²) in [6.07, 6.45) is 1.61. The van der Waals surface area contributed by atoms with Gasteiger partial charge in [-0.3, -0.25) is 15.0 Å². The van der Waals surface area contributed by atoms with Gasteiger partial charge in [-0.25, -0.2) is 5.01 Å². The maximum Gasteiger partial charge on any atom is 0.280 e. The van der Waals surface area contributed by atoms with Gasteiger partial charge in [0.25, 0.3) is 5.91 Å². The highest BCUT2D eigenvalue weighted by atomic mass is 32.1. The number of hydrazine groups is 1. The number of Topliss-reactive ketones (excluding diaryl/α,β-unsaturated/α-hetero) is 1. The van der Waals surface area contributed by atoms with E-state index in [9.17, 15) is 14.9 Å². The number of thiophene rings is 1. The molecule has 0 radical (unpaired) electrons. The van der Waals surface area contributed by atoms with E-state index in [1.807, 2.05) is 0 Å². The maximum atomic E-state index is 12.8. The summed E-state index contributed by atoms with van der Waals surface area (Å²) in [5.74, 6) is 0.244. The van der Waals surface area contributed by atoms with Crippen LogP contribution in [-0.2, 0) is 4.79 Å². The Kier molecular flexibility index (Phi) is 4.53. The lowest BCUT2D eigenvalue weighted by molar-refractivity contribution is -0.116. The first kappa shape index (κ1) is 18.1. The van der Waals surface area contributed by atoms with Gasteiger partial charge in [0, 0.05) is 12.0 Å². The van der Waals surface area contributed by atoms with E-state index in [4.69, 9.17) is 10.2 Å². The van der Waals surface area contributed by atoms with Crippen molar-refractivity contribution in [3.05, 3.63) is 68.7 Å². The summed E-state index contributed by atoms with van der Waals surface area (Å²) < 4.78 is 5.74. The van der Waals surface area contributed by atoms with Crippen molar-refractivity contribution in [1.82, 2.24) is 10.4 Å². The van der Waals surface area contributed by atoms with Crippen molar-refractivity contribution < 1.29 is 14.0 Å². The number of aryl methyl sites for hydroxylation is 1. The van der Waals surface area contributed by atoms with E-state index >= 15 is 0 Å². The number of ketones is 1. The summed E-state index contributed by atoms with van der Waals surface area (Å²) in [6, 6.07) is 9.15. The van der Waals surface area contributed by atoms with E-state index in [1.165, 1.54) is 16.3 Å². The van der Waals surface area contributed by atoms with Crippen molar-refractivity contribution in [3.8, 4) is 6.07 Å². The zero-order chi connectivity index (χ0) is 19.8. The minimum absolute atomic E-state index is 0.0593. The number of nitriles is 1. The molecule has 0 spiro atoms. The van der Waals surface area contributed by atoms with Crippen molar-refractivity contribution in [2.45, 2.75) is 32.1 Å². The Balaban J connectivity index is 1.83. The van der Waals surface area contributed by atoms with Crippen LogP contribution >= 0.6 is 11.3 Å². The fourth-order valence-corrected chi connectivity index (χ4v) is 4.29. The van der Waals surface area contributed by atoms with Crippen LogP contribution in [-0.4, -0.2) is 16.7 Å². The van der Waals surface area contributed by atoms with Gasteiger partial charge < -0.3 is 10.2 Å². The van der Waals surface area contributed by atoms with Crippen LogP contribution in [0.25, 0.3) is 0 Å². The van der Waals surface area contributed by atoms with Gasteiger partial charge in [0.1, 0.15) is 17.3 Å². The average Bonchev–Trinajstić information content (AvgIpc) is 3.35. The van der Waals surface area contributed by atoms with Gasteiger partial charge >= 0.3 is 0 Å². The molecular formula is C20H18N4O3S. The number of furan rings is 1. The van der Waals surface area contributed by atoms with Crippen molar-refractivity contribution in [3.63, 3.8) is 0 Å². The first-order valence-electron chi connectivity index (χ1n) is 8.88. The Bertz CT molecular complexity index is 1060. The van der Waals surface area contributed by atoms with Gasteiger partial charge in [-0.1, -0.05) is 6.07 Å². The Morgan fingerprint density at radius 2 is 2.21 bits per heavy atom. The highest BCUT2D eigenvalue weighted by Crippen LogP contribution is 2.44. The quantitative estimate of drug-likeness (QED) is 0.827. The second kappa shape index (κ2) is 7.02. The summed E-state index contributed by atoms with van der Waals surface area (Å²) in [7, 11) is 0. The molecule has 4 rings (SSSR count). The lowest BCUT2D eigenvalue weighted by atomic mass is 9.78. The predicted octanol–water partition coefficient (Wildman–Crippen LogP) is 3.09. The largest absolute Gasteiger partial charge is 0.465 e. The summed E-state index contributed by atoms with van der Waals surface area (Å²) in [4.78, 5) is 25.9. The molecule has 0 saturated heterocycles. The van der Waals surface area contributed by atoms with Crippen LogP contribution in [0.2, 0.25) is 0 Å². The van der Waals surface area contributed by atoms with Crippen LogP contribution in [0.4, 0.5) is 0 Å². The Morgan fingerprint density at radius 1 is 1.39 bits per heavy atom. The lowest BCUT2D eigenvalue weighted by Crippen LogP contribution is -2.48. The minimum Gasteiger partial charge on any atom is -0.465 e. The number of hydrogen-bond donors (Lipinski definition) is 2. The molecule has 3 N–H and O–H groups in total. The Morgan fingerprint density at radius 3 is 2.86 bits per heavy atom. The van der Waals surface area contributed by atoms with Crippen LogP contribution < -0.4 is 11.2 Å². The molecule has 28 heavy (non-hydrogen) atoms. The third-order valence-corrected chi connectivity index (χ3v) is 5.79. The van der Waals surface area contributed by atoms with Crippen molar-refractivity contribution in [2.75, 3.05) is 0 Å². The predicted molar refractivity (Wildman–Crippen MR) is 103 cm³/mol. The van der Waals surface area contributed by atoms with Gasteiger partial charge in [0.05, 0.1) is 28.1 Å². The minimum atomic E-state index is -0.656. The van der Waals surface area contributed by atoms with E-state index in [0.29, 0.717) is 46.9 Å². The average molecular weight is 394 g/mol. The third-order valence-electron chi connectivity index (χ3n) is 4.92. The highest BCUT2D eigenvalue weighted by molar-refractivity contribution is 7.12. The summed E-state index contributed by atoms with van der Waals surface area (Å²) in [5, 5.41) is 13.0. The first-order valence-corrected chi connectivity index (χ1v) is 9.76. The van der Waals surface area contributed by atoms with E-state index in [1.54, 1.807) is 36.6 Å². The number of carbonyl (C=O) groups excluding carboxylic acids is 2. The van der Waals surface area contributed by atoms with Gasteiger partial charge in [0.2, 0.25) is 0 Å². The molecule has 1 atom stereocenters.